The molecule has 0 heterocycles. The fourth-order valence-electron chi connectivity index (χ4n) is 3.53. The van der Waals surface area contributed by atoms with Crippen molar-refractivity contribution in [2.45, 2.75) is 25.7 Å². The van der Waals surface area contributed by atoms with E-state index in [1.807, 2.05) is 0 Å². The lowest BCUT2D eigenvalue weighted by Crippen LogP contribution is -2.39. The van der Waals surface area contributed by atoms with E-state index in [2.05, 4.69) is 0 Å². The van der Waals surface area contributed by atoms with Crippen molar-refractivity contribution in [1.29, 1.82) is 0 Å². The molecule has 1 aromatic rings. The summed E-state index contributed by atoms with van der Waals surface area (Å²) >= 11 is 0. The predicted molar refractivity (Wildman–Crippen MR) is 76.1 cm³/mol. The molecule has 0 spiro atoms. The van der Waals surface area contributed by atoms with Crippen LogP contribution in [-0.2, 0) is 4.79 Å². The van der Waals surface area contributed by atoms with E-state index in [4.69, 9.17) is 18.9 Å². The molecule has 4 rings (SSSR count). The molecule has 0 aliphatic heterocycles. The third-order valence-electron chi connectivity index (χ3n) is 4.67. The highest BCUT2D eigenvalue weighted by molar-refractivity contribution is 5.81. The van der Waals surface area contributed by atoms with Crippen molar-refractivity contribution < 1.29 is 23.7 Å². The van der Waals surface area contributed by atoms with Gasteiger partial charge in [0, 0.05) is 12.1 Å². The summed E-state index contributed by atoms with van der Waals surface area (Å²) < 4.78 is 21.4. The molecule has 21 heavy (non-hydrogen) atoms. The Morgan fingerprint density at radius 3 is 2.14 bits per heavy atom. The van der Waals surface area contributed by atoms with Crippen LogP contribution in [0.3, 0.4) is 0 Å². The van der Waals surface area contributed by atoms with Crippen molar-refractivity contribution in [2.24, 2.45) is 11.3 Å². The average Bonchev–Trinajstić information content (AvgIpc) is 3.07. The Labute approximate surface area is 124 Å². The first-order chi connectivity index (χ1) is 10.1. The number of ether oxygens (including phenoxy) is 4. The van der Waals surface area contributed by atoms with Crippen LogP contribution in [0.1, 0.15) is 25.7 Å². The number of rotatable bonds is 5. The van der Waals surface area contributed by atoms with E-state index in [9.17, 15) is 4.79 Å². The number of methoxy groups -OCH3 is 3. The second-order valence-electron chi connectivity index (χ2n) is 5.84. The summed E-state index contributed by atoms with van der Waals surface area (Å²) in [6.45, 7) is 0. The molecule has 0 N–H and O–H groups in total. The Balaban J connectivity index is 1.83. The van der Waals surface area contributed by atoms with Crippen LogP contribution < -0.4 is 18.9 Å². The number of esters is 1. The Morgan fingerprint density at radius 2 is 1.71 bits per heavy atom. The minimum Gasteiger partial charge on any atom is -0.493 e. The number of fused-ring (bicyclic) bond motifs is 1. The molecule has 0 atom stereocenters. The van der Waals surface area contributed by atoms with Crippen LogP contribution in [0.15, 0.2) is 12.1 Å². The van der Waals surface area contributed by atoms with Crippen molar-refractivity contribution in [3.63, 3.8) is 0 Å². The lowest BCUT2D eigenvalue weighted by molar-refractivity contribution is -0.150. The van der Waals surface area contributed by atoms with Gasteiger partial charge in [-0.3, -0.25) is 4.79 Å². The maximum absolute atomic E-state index is 12.4. The number of hydrogen-bond acceptors (Lipinski definition) is 5. The summed E-state index contributed by atoms with van der Waals surface area (Å²) in [5.74, 6) is 2.47. The van der Waals surface area contributed by atoms with E-state index in [0.717, 1.165) is 31.6 Å². The molecule has 0 radical (unpaired) electrons. The summed E-state index contributed by atoms with van der Waals surface area (Å²) in [4.78, 5) is 12.4. The first-order valence-corrected chi connectivity index (χ1v) is 7.14. The van der Waals surface area contributed by atoms with Crippen molar-refractivity contribution in [3.05, 3.63) is 12.1 Å². The lowest BCUT2D eigenvalue weighted by atomic mass is 9.70. The van der Waals surface area contributed by atoms with Crippen molar-refractivity contribution in [2.75, 3.05) is 21.3 Å². The van der Waals surface area contributed by atoms with Crippen LogP contribution in [0.4, 0.5) is 0 Å². The van der Waals surface area contributed by atoms with Gasteiger partial charge in [-0.05, 0) is 31.6 Å². The Bertz CT molecular complexity index is 529. The van der Waals surface area contributed by atoms with Crippen LogP contribution in [0, 0.1) is 11.3 Å². The smallest absolute Gasteiger partial charge is 0.317 e. The van der Waals surface area contributed by atoms with Crippen LogP contribution >= 0.6 is 0 Å². The highest BCUT2D eigenvalue weighted by Crippen LogP contribution is 2.59. The largest absolute Gasteiger partial charge is 0.493 e. The molecule has 0 amide bonds. The van der Waals surface area contributed by atoms with Gasteiger partial charge in [0.25, 0.3) is 0 Å². The molecule has 0 aromatic heterocycles. The van der Waals surface area contributed by atoms with Crippen LogP contribution in [0.25, 0.3) is 0 Å². The number of hydrogen-bond donors (Lipinski definition) is 0. The summed E-state index contributed by atoms with van der Waals surface area (Å²) in [7, 11) is 4.61. The first-order valence-electron chi connectivity index (χ1n) is 7.14. The predicted octanol–water partition coefficient (Wildman–Crippen LogP) is 2.81. The van der Waals surface area contributed by atoms with E-state index in [1.165, 1.54) is 21.3 Å². The Hall–Kier alpha value is -1.91. The second-order valence-corrected chi connectivity index (χ2v) is 5.84. The zero-order valence-corrected chi connectivity index (χ0v) is 12.6. The van der Waals surface area contributed by atoms with E-state index in [0.29, 0.717) is 23.0 Å². The molecule has 1 aromatic carbocycles. The van der Waals surface area contributed by atoms with Crippen LogP contribution in [0.5, 0.6) is 23.0 Å². The molecule has 5 nitrogen and oxygen atoms in total. The summed E-state index contributed by atoms with van der Waals surface area (Å²) in [6, 6.07) is 3.31. The van der Waals surface area contributed by atoms with Gasteiger partial charge in [-0.1, -0.05) is 0 Å². The number of benzene rings is 1. The summed E-state index contributed by atoms with van der Waals surface area (Å²) in [6.07, 6.45) is 4.03. The normalized spacial score (nSPS) is 26.0. The molecule has 3 fully saturated rings. The molecule has 2 bridgehead atoms. The van der Waals surface area contributed by atoms with Crippen molar-refractivity contribution >= 4 is 5.97 Å². The third-order valence-corrected chi connectivity index (χ3v) is 4.67. The van der Waals surface area contributed by atoms with Gasteiger partial charge in [0.1, 0.15) is 5.75 Å². The highest BCUT2D eigenvalue weighted by Gasteiger charge is 2.56. The van der Waals surface area contributed by atoms with Crippen molar-refractivity contribution in [3.8, 4) is 23.0 Å². The van der Waals surface area contributed by atoms with E-state index in [-0.39, 0.29) is 11.4 Å². The van der Waals surface area contributed by atoms with E-state index in [1.54, 1.807) is 12.1 Å². The molecular formula is C16H20O5. The maximum atomic E-state index is 12.4. The molecule has 3 aliphatic carbocycles. The molecular weight excluding hydrogens is 272 g/mol. The molecule has 3 aliphatic rings. The molecule has 3 saturated carbocycles. The molecule has 0 saturated heterocycles. The van der Waals surface area contributed by atoms with Gasteiger partial charge in [0.05, 0.1) is 26.7 Å². The second kappa shape index (κ2) is 5.13. The summed E-state index contributed by atoms with van der Waals surface area (Å²) in [5.41, 5.74) is -0.245. The topological polar surface area (TPSA) is 54.0 Å². The number of carbonyl (C=O) groups excluding carboxylic acids is 1. The summed E-state index contributed by atoms with van der Waals surface area (Å²) in [5, 5.41) is 0. The van der Waals surface area contributed by atoms with E-state index < -0.39 is 0 Å². The lowest BCUT2D eigenvalue weighted by Gasteiger charge is -2.35. The minimum absolute atomic E-state index is 0.134. The quantitative estimate of drug-likeness (QED) is 0.617. The fraction of sp³-hybridized carbons (Fsp3) is 0.562. The van der Waals surface area contributed by atoms with Gasteiger partial charge in [-0.15, -0.1) is 0 Å². The zero-order valence-electron chi connectivity index (χ0n) is 12.6. The van der Waals surface area contributed by atoms with Crippen molar-refractivity contribution in [1.82, 2.24) is 0 Å². The fourth-order valence-corrected chi connectivity index (χ4v) is 3.53. The van der Waals surface area contributed by atoms with Gasteiger partial charge in [0.2, 0.25) is 5.75 Å². The average molecular weight is 292 g/mol. The molecule has 114 valence electrons. The standard InChI is InChI=1S/C16H20O5/c1-18-12-6-11(7-13(19-2)14(12)20-3)21-15(17)16-5-4-10(8-16)9-16/h6-7,10H,4-5,8-9H2,1-3H3. The van der Waals surface area contributed by atoms with Gasteiger partial charge < -0.3 is 18.9 Å². The molecule has 5 heteroatoms. The SMILES string of the molecule is COc1cc(OC(=O)C23CCC(C2)C3)cc(OC)c1OC. The van der Waals surface area contributed by atoms with E-state index >= 15 is 0 Å². The third kappa shape index (κ3) is 2.20. The highest BCUT2D eigenvalue weighted by atomic mass is 16.5. The Kier molecular flexibility index (Phi) is 3.43. The Morgan fingerprint density at radius 1 is 1.10 bits per heavy atom. The van der Waals surface area contributed by atoms with Crippen LogP contribution in [0.2, 0.25) is 0 Å². The van der Waals surface area contributed by atoms with Gasteiger partial charge in [-0.25, -0.2) is 0 Å². The van der Waals surface area contributed by atoms with Gasteiger partial charge in [-0.2, -0.15) is 0 Å². The number of carbonyl (C=O) groups is 1. The maximum Gasteiger partial charge on any atom is 0.317 e. The first kappa shape index (κ1) is 14.0. The van der Waals surface area contributed by atoms with Crippen LogP contribution in [-0.4, -0.2) is 27.3 Å². The van der Waals surface area contributed by atoms with Gasteiger partial charge in [0.15, 0.2) is 11.5 Å². The molecule has 0 unspecified atom stereocenters. The monoisotopic (exact) mass is 292 g/mol. The van der Waals surface area contributed by atoms with Gasteiger partial charge >= 0.3 is 5.97 Å². The zero-order chi connectivity index (χ0) is 15.0. The minimum atomic E-state index is -0.245.